The Morgan fingerprint density at radius 1 is 1.79 bits per heavy atom. The highest BCUT2D eigenvalue weighted by molar-refractivity contribution is 7.99. The average molecular weight is 215 g/mol. The summed E-state index contributed by atoms with van der Waals surface area (Å²) < 4.78 is 6.37. The van der Waals surface area contributed by atoms with Gasteiger partial charge in [-0.2, -0.15) is 4.98 Å². The van der Waals surface area contributed by atoms with E-state index >= 15 is 0 Å². The second-order valence-electron chi connectivity index (χ2n) is 2.77. The quantitative estimate of drug-likeness (QED) is 0.647. The van der Waals surface area contributed by atoms with Crippen molar-refractivity contribution in [1.29, 1.82) is 0 Å². The standard InChI is InChI=1S/C7H9N3O3S/c8-4-1-2-10(6(11)9-4)5-3-14-7(12)13-5/h1-2,5,7,12H,3H2,(H2,8,9,11)/t5-,7+/m1/s1. The van der Waals surface area contributed by atoms with E-state index in [0.717, 1.165) is 0 Å². The topological polar surface area (TPSA) is 90.4 Å². The van der Waals surface area contributed by atoms with Gasteiger partial charge in [0.25, 0.3) is 0 Å². The van der Waals surface area contributed by atoms with Crippen LogP contribution in [0.5, 0.6) is 0 Å². The number of aromatic nitrogens is 2. The van der Waals surface area contributed by atoms with Crippen LogP contribution in [-0.2, 0) is 4.74 Å². The number of hydrogen-bond donors (Lipinski definition) is 2. The van der Waals surface area contributed by atoms with Gasteiger partial charge in [-0.3, -0.25) is 4.57 Å². The Bertz CT molecular complexity index is 394. The number of aliphatic hydroxyl groups is 1. The molecule has 6 nitrogen and oxygen atoms in total. The molecular weight excluding hydrogens is 206 g/mol. The first kappa shape index (κ1) is 9.50. The molecule has 0 unspecified atom stereocenters. The Hall–Kier alpha value is -1.05. The summed E-state index contributed by atoms with van der Waals surface area (Å²) in [6, 6.07) is 1.51. The molecule has 1 aliphatic rings. The van der Waals surface area contributed by atoms with Crippen LogP contribution in [0.1, 0.15) is 6.23 Å². The van der Waals surface area contributed by atoms with Gasteiger partial charge in [0.2, 0.25) is 5.62 Å². The van der Waals surface area contributed by atoms with Gasteiger partial charge in [-0.15, -0.1) is 0 Å². The highest BCUT2D eigenvalue weighted by Crippen LogP contribution is 2.28. The number of hydrogen-bond acceptors (Lipinski definition) is 6. The second kappa shape index (κ2) is 3.60. The van der Waals surface area contributed by atoms with Crippen molar-refractivity contribution >= 4 is 17.6 Å². The molecule has 0 spiro atoms. The molecule has 1 aromatic heterocycles. The van der Waals surface area contributed by atoms with Crippen molar-refractivity contribution in [2.75, 3.05) is 11.5 Å². The summed E-state index contributed by atoms with van der Waals surface area (Å²) in [7, 11) is 0. The van der Waals surface area contributed by atoms with Gasteiger partial charge < -0.3 is 15.6 Å². The van der Waals surface area contributed by atoms with Gasteiger partial charge in [0.05, 0.1) is 0 Å². The van der Waals surface area contributed by atoms with Crippen molar-refractivity contribution < 1.29 is 9.84 Å². The predicted molar refractivity (Wildman–Crippen MR) is 51.5 cm³/mol. The number of nitrogen functional groups attached to an aromatic ring is 1. The number of aliphatic hydroxyl groups excluding tert-OH is 1. The maximum atomic E-state index is 11.3. The molecule has 0 radical (unpaired) electrons. The van der Waals surface area contributed by atoms with Crippen LogP contribution in [0.3, 0.4) is 0 Å². The molecule has 76 valence electrons. The van der Waals surface area contributed by atoms with Gasteiger partial charge in [0.15, 0.2) is 6.23 Å². The molecule has 1 fully saturated rings. The Kier molecular flexibility index (Phi) is 2.44. The first-order valence-electron chi connectivity index (χ1n) is 3.96. The molecular formula is C7H9N3O3S. The first-order chi connectivity index (χ1) is 6.66. The number of nitrogens with zero attached hydrogens (tertiary/aromatic N) is 2. The minimum Gasteiger partial charge on any atom is -0.383 e. The van der Waals surface area contributed by atoms with Gasteiger partial charge >= 0.3 is 5.69 Å². The molecule has 3 N–H and O–H groups in total. The van der Waals surface area contributed by atoms with E-state index in [2.05, 4.69) is 4.98 Å². The fraction of sp³-hybridized carbons (Fsp3) is 0.429. The predicted octanol–water partition coefficient (Wildman–Crippen LogP) is -0.637. The fourth-order valence-electron chi connectivity index (χ4n) is 1.17. The van der Waals surface area contributed by atoms with E-state index in [1.807, 2.05) is 0 Å². The zero-order valence-corrected chi connectivity index (χ0v) is 7.98. The summed E-state index contributed by atoms with van der Waals surface area (Å²) in [6.45, 7) is 0. The van der Waals surface area contributed by atoms with Gasteiger partial charge in [0, 0.05) is 11.9 Å². The smallest absolute Gasteiger partial charge is 0.351 e. The number of ether oxygens (including phenoxy) is 1. The summed E-state index contributed by atoms with van der Waals surface area (Å²) in [5.74, 6) is 0.699. The van der Waals surface area contributed by atoms with Crippen LogP contribution in [0.4, 0.5) is 5.82 Å². The molecule has 0 saturated carbocycles. The molecule has 1 aliphatic heterocycles. The van der Waals surface area contributed by atoms with Crippen molar-refractivity contribution in [3.8, 4) is 0 Å². The van der Waals surface area contributed by atoms with Crippen molar-refractivity contribution in [3.63, 3.8) is 0 Å². The summed E-state index contributed by atoms with van der Waals surface area (Å²) in [5.41, 5.74) is 3.99. The number of nitrogens with two attached hydrogens (primary N) is 1. The van der Waals surface area contributed by atoms with Crippen molar-refractivity contribution in [2.45, 2.75) is 11.8 Å². The Labute approximate surface area is 83.7 Å². The Morgan fingerprint density at radius 2 is 2.57 bits per heavy atom. The second-order valence-corrected chi connectivity index (χ2v) is 3.84. The monoisotopic (exact) mass is 215 g/mol. The fourth-order valence-corrected chi connectivity index (χ4v) is 1.94. The lowest BCUT2D eigenvalue weighted by molar-refractivity contribution is -0.0839. The van der Waals surface area contributed by atoms with Crippen LogP contribution in [0.2, 0.25) is 0 Å². The Balaban J connectivity index is 2.29. The summed E-state index contributed by atoms with van der Waals surface area (Å²) in [4.78, 5) is 14.9. The third-order valence-electron chi connectivity index (χ3n) is 1.82. The normalized spacial score (nSPS) is 26.6. The molecule has 2 atom stereocenters. The van der Waals surface area contributed by atoms with E-state index in [4.69, 9.17) is 15.6 Å². The molecule has 1 aromatic rings. The molecule has 0 amide bonds. The largest absolute Gasteiger partial charge is 0.383 e. The van der Waals surface area contributed by atoms with E-state index in [1.54, 1.807) is 0 Å². The highest BCUT2D eigenvalue weighted by atomic mass is 32.2. The molecule has 0 aliphatic carbocycles. The maximum absolute atomic E-state index is 11.3. The summed E-state index contributed by atoms with van der Waals surface area (Å²) in [6.07, 6.45) is 1.05. The molecule has 1 saturated heterocycles. The molecule has 0 bridgehead atoms. The number of rotatable bonds is 1. The van der Waals surface area contributed by atoms with Crippen molar-refractivity contribution in [1.82, 2.24) is 9.55 Å². The van der Waals surface area contributed by atoms with E-state index in [0.29, 0.717) is 5.75 Å². The molecule has 14 heavy (non-hydrogen) atoms. The Morgan fingerprint density at radius 3 is 3.14 bits per heavy atom. The van der Waals surface area contributed by atoms with Gasteiger partial charge in [0.1, 0.15) is 5.82 Å². The summed E-state index contributed by atoms with van der Waals surface area (Å²) >= 11 is 1.23. The van der Waals surface area contributed by atoms with Gasteiger partial charge in [-0.05, 0) is 6.07 Å². The lowest BCUT2D eigenvalue weighted by atomic mass is 10.5. The maximum Gasteiger partial charge on any atom is 0.351 e. The van der Waals surface area contributed by atoms with E-state index in [-0.39, 0.29) is 5.82 Å². The molecule has 0 aromatic carbocycles. The zero-order chi connectivity index (χ0) is 10.1. The third kappa shape index (κ3) is 1.74. The van der Waals surface area contributed by atoms with Crippen LogP contribution in [0, 0.1) is 0 Å². The highest BCUT2D eigenvalue weighted by Gasteiger charge is 2.26. The van der Waals surface area contributed by atoms with Crippen LogP contribution in [-0.4, -0.2) is 26.0 Å². The lowest BCUT2D eigenvalue weighted by Gasteiger charge is -2.11. The number of anilines is 1. The van der Waals surface area contributed by atoms with Crippen LogP contribution in [0.25, 0.3) is 0 Å². The van der Waals surface area contributed by atoms with Crippen LogP contribution >= 0.6 is 11.8 Å². The number of thioether (sulfide) groups is 1. The van der Waals surface area contributed by atoms with Gasteiger partial charge in [-0.1, -0.05) is 11.8 Å². The minimum atomic E-state index is -0.871. The molecule has 2 heterocycles. The average Bonchev–Trinajstić information content (AvgIpc) is 2.51. The molecule has 2 rings (SSSR count). The van der Waals surface area contributed by atoms with E-state index < -0.39 is 17.5 Å². The summed E-state index contributed by atoms with van der Waals surface area (Å²) in [5, 5.41) is 9.09. The SMILES string of the molecule is Nc1ccn([C@H]2CS[C@@H](O)O2)c(=O)n1. The van der Waals surface area contributed by atoms with E-state index in [9.17, 15) is 4.79 Å². The third-order valence-corrected chi connectivity index (χ3v) is 2.69. The van der Waals surface area contributed by atoms with Crippen molar-refractivity contribution in [2.24, 2.45) is 0 Å². The zero-order valence-electron chi connectivity index (χ0n) is 7.16. The van der Waals surface area contributed by atoms with E-state index in [1.165, 1.54) is 28.6 Å². The van der Waals surface area contributed by atoms with Crippen molar-refractivity contribution in [3.05, 3.63) is 22.7 Å². The van der Waals surface area contributed by atoms with Crippen LogP contribution < -0.4 is 11.4 Å². The first-order valence-corrected chi connectivity index (χ1v) is 5.01. The molecule has 7 heteroatoms. The lowest BCUT2D eigenvalue weighted by Crippen LogP contribution is -2.28. The van der Waals surface area contributed by atoms with Crippen LogP contribution in [0.15, 0.2) is 17.1 Å². The van der Waals surface area contributed by atoms with Gasteiger partial charge in [-0.25, -0.2) is 4.79 Å². The minimum absolute atomic E-state index is 0.178.